The van der Waals surface area contributed by atoms with Gasteiger partial charge in [-0.25, -0.2) is 0 Å². The first-order valence-electron chi connectivity index (χ1n) is 12.4. The fourth-order valence-electron chi connectivity index (χ4n) is 4.11. The molecule has 0 spiro atoms. The molecule has 1 aromatic heterocycles. The van der Waals surface area contributed by atoms with E-state index in [4.69, 9.17) is 23.2 Å². The topological polar surface area (TPSA) is 34.0 Å². The van der Waals surface area contributed by atoms with Crippen LogP contribution in [0.15, 0.2) is 24.3 Å². The second kappa shape index (κ2) is 14.0. The molecular formula is C27H40Cl2N2O. The van der Waals surface area contributed by atoms with Crippen LogP contribution in [0.3, 0.4) is 0 Å². The molecule has 0 aliphatic heterocycles. The van der Waals surface area contributed by atoms with E-state index in [0.29, 0.717) is 16.1 Å². The third kappa shape index (κ3) is 7.56. The van der Waals surface area contributed by atoms with Crippen molar-refractivity contribution in [2.24, 2.45) is 0 Å². The fraction of sp³-hybridized carbons (Fsp3) is 0.593. The normalized spacial score (nSPS) is 14.1. The summed E-state index contributed by atoms with van der Waals surface area (Å²) in [6, 6.07) is 7.78. The standard InChI is InChI=1S/C23H30Cl2N2O.C4H10/c1-3-4-8-13-27-16(2)19(23(28)26-18-9-6-5-7-10-18)15-22(27)20-14-17(24)11-12-21(20)25;1-3-4-2/h11-12,14-15,18H,3-10,13H2,1-2H3,(H,26,28);3-4H2,1-2H3. The summed E-state index contributed by atoms with van der Waals surface area (Å²) in [7, 11) is 0. The zero-order valence-electron chi connectivity index (χ0n) is 20.3. The number of aromatic nitrogens is 1. The van der Waals surface area contributed by atoms with Crippen LogP contribution in [0.2, 0.25) is 10.0 Å². The van der Waals surface area contributed by atoms with Gasteiger partial charge in [-0.15, -0.1) is 0 Å². The van der Waals surface area contributed by atoms with Crippen molar-refractivity contribution in [3.05, 3.63) is 45.6 Å². The maximum Gasteiger partial charge on any atom is 0.253 e. The van der Waals surface area contributed by atoms with E-state index in [1.54, 1.807) is 6.07 Å². The quantitative estimate of drug-likeness (QED) is 0.377. The zero-order valence-corrected chi connectivity index (χ0v) is 21.8. The number of carbonyl (C=O) groups is 1. The maximum atomic E-state index is 13.0. The summed E-state index contributed by atoms with van der Waals surface area (Å²) in [6.45, 7) is 9.46. The van der Waals surface area contributed by atoms with E-state index in [2.05, 4.69) is 30.7 Å². The van der Waals surface area contributed by atoms with Gasteiger partial charge in [0.2, 0.25) is 0 Å². The van der Waals surface area contributed by atoms with Gasteiger partial charge < -0.3 is 9.88 Å². The maximum absolute atomic E-state index is 13.0. The second-order valence-corrected chi connectivity index (χ2v) is 9.66. The van der Waals surface area contributed by atoms with Crippen molar-refractivity contribution < 1.29 is 4.79 Å². The van der Waals surface area contributed by atoms with Crippen molar-refractivity contribution >= 4 is 29.1 Å². The molecule has 178 valence electrons. The number of halogens is 2. The Labute approximate surface area is 204 Å². The molecule has 1 saturated carbocycles. The van der Waals surface area contributed by atoms with Crippen LogP contribution in [0.1, 0.15) is 101 Å². The summed E-state index contributed by atoms with van der Waals surface area (Å²) < 4.78 is 2.23. The van der Waals surface area contributed by atoms with Crippen molar-refractivity contribution in [1.29, 1.82) is 0 Å². The monoisotopic (exact) mass is 478 g/mol. The Morgan fingerprint density at radius 3 is 2.31 bits per heavy atom. The van der Waals surface area contributed by atoms with Crippen molar-refractivity contribution in [1.82, 2.24) is 9.88 Å². The van der Waals surface area contributed by atoms with Crippen LogP contribution in [0.4, 0.5) is 0 Å². The molecule has 1 aliphatic carbocycles. The van der Waals surface area contributed by atoms with E-state index >= 15 is 0 Å². The highest BCUT2D eigenvalue weighted by Gasteiger charge is 2.22. The van der Waals surface area contributed by atoms with Crippen LogP contribution in [-0.2, 0) is 6.54 Å². The number of amides is 1. The number of nitrogens with zero attached hydrogens (tertiary/aromatic N) is 1. The van der Waals surface area contributed by atoms with Crippen LogP contribution in [0.5, 0.6) is 0 Å². The summed E-state index contributed by atoms with van der Waals surface area (Å²) in [6.07, 6.45) is 11.9. The van der Waals surface area contributed by atoms with Crippen LogP contribution in [0.25, 0.3) is 11.3 Å². The van der Waals surface area contributed by atoms with Crippen molar-refractivity contribution in [2.75, 3.05) is 0 Å². The molecule has 1 aliphatic rings. The Balaban J connectivity index is 0.000000837. The van der Waals surface area contributed by atoms with E-state index in [-0.39, 0.29) is 5.91 Å². The van der Waals surface area contributed by atoms with Gasteiger partial charge in [0.05, 0.1) is 11.3 Å². The summed E-state index contributed by atoms with van der Waals surface area (Å²) in [5.41, 5.74) is 3.59. The van der Waals surface area contributed by atoms with Crippen molar-refractivity contribution in [3.63, 3.8) is 0 Å². The first kappa shape index (κ1) is 26.8. The minimum absolute atomic E-state index is 0.0260. The molecule has 3 nitrogen and oxygen atoms in total. The molecule has 1 N–H and O–H groups in total. The lowest BCUT2D eigenvalue weighted by atomic mass is 9.95. The number of hydrogen-bond donors (Lipinski definition) is 1. The number of unbranched alkanes of at least 4 members (excludes halogenated alkanes) is 3. The number of benzene rings is 1. The predicted octanol–water partition coefficient (Wildman–Crippen LogP) is 8.83. The molecular weight excluding hydrogens is 439 g/mol. The van der Waals surface area contributed by atoms with Crippen LogP contribution in [-0.4, -0.2) is 16.5 Å². The predicted molar refractivity (Wildman–Crippen MR) is 139 cm³/mol. The lowest BCUT2D eigenvalue weighted by Gasteiger charge is -2.22. The lowest BCUT2D eigenvalue weighted by Crippen LogP contribution is -2.36. The zero-order chi connectivity index (χ0) is 23.5. The van der Waals surface area contributed by atoms with Gasteiger partial charge in [0.1, 0.15) is 0 Å². The molecule has 32 heavy (non-hydrogen) atoms. The Bertz CT molecular complexity index is 852. The van der Waals surface area contributed by atoms with E-state index in [1.165, 1.54) is 32.1 Å². The molecule has 1 fully saturated rings. The van der Waals surface area contributed by atoms with Gasteiger partial charge in [-0.3, -0.25) is 4.79 Å². The fourth-order valence-corrected chi connectivity index (χ4v) is 4.50. The third-order valence-corrected chi connectivity index (χ3v) is 6.81. The van der Waals surface area contributed by atoms with Crippen molar-refractivity contribution in [2.45, 2.75) is 104 Å². The van der Waals surface area contributed by atoms with Crippen LogP contribution in [0, 0.1) is 6.92 Å². The molecule has 0 bridgehead atoms. The molecule has 5 heteroatoms. The van der Waals surface area contributed by atoms with Gasteiger partial charge in [0.15, 0.2) is 0 Å². The smallest absolute Gasteiger partial charge is 0.253 e. The Morgan fingerprint density at radius 2 is 1.69 bits per heavy atom. The average Bonchev–Trinajstić information content (AvgIpc) is 3.12. The highest BCUT2D eigenvalue weighted by atomic mass is 35.5. The highest BCUT2D eigenvalue weighted by molar-refractivity contribution is 6.35. The van der Waals surface area contributed by atoms with Crippen molar-refractivity contribution in [3.8, 4) is 11.3 Å². The Hall–Kier alpha value is -1.45. The number of hydrogen-bond acceptors (Lipinski definition) is 1. The van der Waals surface area contributed by atoms with Crippen LogP contribution >= 0.6 is 23.2 Å². The molecule has 0 unspecified atom stereocenters. The number of nitrogens with one attached hydrogen (secondary N) is 1. The first-order valence-corrected chi connectivity index (χ1v) is 13.1. The third-order valence-electron chi connectivity index (χ3n) is 6.24. The summed E-state index contributed by atoms with van der Waals surface area (Å²) in [5, 5.41) is 4.55. The van der Waals surface area contributed by atoms with Crippen LogP contribution < -0.4 is 5.32 Å². The summed E-state index contributed by atoms with van der Waals surface area (Å²) >= 11 is 12.7. The minimum atomic E-state index is 0.0260. The average molecular weight is 480 g/mol. The molecule has 1 amide bonds. The second-order valence-electron chi connectivity index (χ2n) is 8.82. The van der Waals surface area contributed by atoms with Gasteiger partial charge in [0.25, 0.3) is 5.91 Å². The number of carbonyl (C=O) groups excluding carboxylic acids is 1. The highest BCUT2D eigenvalue weighted by Crippen LogP contribution is 2.34. The van der Waals surface area contributed by atoms with Gasteiger partial charge in [-0.05, 0) is 50.5 Å². The summed E-state index contributed by atoms with van der Waals surface area (Å²) in [5.74, 6) is 0.0260. The first-order chi connectivity index (χ1) is 15.4. The largest absolute Gasteiger partial charge is 0.349 e. The van der Waals surface area contributed by atoms with Gasteiger partial charge in [-0.1, -0.05) is 88.9 Å². The molecule has 1 heterocycles. The minimum Gasteiger partial charge on any atom is -0.349 e. The SMILES string of the molecule is CCCC.CCCCCn1c(-c2cc(Cl)ccc2Cl)cc(C(=O)NC2CCCCC2)c1C. The molecule has 1 aromatic carbocycles. The van der Waals surface area contributed by atoms with E-state index < -0.39 is 0 Å². The van der Waals surface area contributed by atoms with E-state index in [9.17, 15) is 4.79 Å². The van der Waals surface area contributed by atoms with Gasteiger partial charge in [-0.2, -0.15) is 0 Å². The molecule has 2 aromatic rings. The Kier molecular flexibility index (Phi) is 11.7. The molecule has 0 atom stereocenters. The molecule has 0 saturated heterocycles. The van der Waals surface area contributed by atoms with E-state index in [1.807, 2.05) is 25.1 Å². The summed E-state index contributed by atoms with van der Waals surface area (Å²) in [4.78, 5) is 13.0. The van der Waals surface area contributed by atoms with Gasteiger partial charge in [0, 0.05) is 33.9 Å². The molecule has 0 radical (unpaired) electrons. The Morgan fingerprint density at radius 1 is 1.00 bits per heavy atom. The van der Waals surface area contributed by atoms with E-state index in [0.717, 1.165) is 61.2 Å². The number of rotatable bonds is 8. The van der Waals surface area contributed by atoms with Gasteiger partial charge >= 0.3 is 0 Å². The molecule has 3 rings (SSSR count). The lowest BCUT2D eigenvalue weighted by molar-refractivity contribution is 0.0927.